The zero-order chi connectivity index (χ0) is 17.0. The summed E-state index contributed by atoms with van der Waals surface area (Å²) in [6.07, 6.45) is 0. The van der Waals surface area contributed by atoms with Gasteiger partial charge < -0.3 is 10.2 Å². The third kappa shape index (κ3) is 4.34. The van der Waals surface area contributed by atoms with Crippen molar-refractivity contribution >= 4 is 43.5 Å². The molecule has 0 aliphatic heterocycles. The van der Waals surface area contributed by atoms with Gasteiger partial charge in [-0.05, 0) is 46.2 Å². The highest BCUT2D eigenvalue weighted by Crippen LogP contribution is 2.31. The fraction of sp³-hybridized carbons (Fsp3) is 0. The summed E-state index contributed by atoms with van der Waals surface area (Å²) in [4.78, 5) is -0.471. The summed E-state index contributed by atoms with van der Waals surface area (Å²) in [5, 5.41) is 19.7. The molecule has 0 unspecified atom stereocenters. The van der Waals surface area contributed by atoms with E-state index in [0.717, 1.165) is 3.57 Å². The number of para-hydroxylation sites is 1. The Morgan fingerprint density at radius 1 is 0.826 bits per heavy atom. The standard InChI is InChI=1S/C10H8O4S.C6H5IO/c11-10-8-4-2-1-3-7(8)5-6-9(10)15(12,13)14;7-5-3-1-2-4-6(5)8/h1-6,11H,(H,12,13,14);1-4,8H. The summed E-state index contributed by atoms with van der Waals surface area (Å²) >= 11 is 2.07. The third-order valence-electron chi connectivity index (χ3n) is 2.99. The predicted molar refractivity (Wildman–Crippen MR) is 96.3 cm³/mol. The lowest BCUT2D eigenvalue weighted by atomic mass is 10.1. The van der Waals surface area contributed by atoms with Crippen LogP contribution in [0.1, 0.15) is 0 Å². The monoisotopic (exact) mass is 444 g/mol. The molecule has 0 aliphatic rings. The van der Waals surface area contributed by atoms with Gasteiger partial charge in [-0.3, -0.25) is 4.55 Å². The van der Waals surface area contributed by atoms with E-state index >= 15 is 0 Å². The molecule has 0 aromatic heterocycles. The lowest BCUT2D eigenvalue weighted by molar-refractivity contribution is 0.448. The number of aromatic hydroxyl groups is 2. The Balaban J connectivity index is 0.000000203. The normalized spacial score (nSPS) is 10.9. The maximum Gasteiger partial charge on any atom is 0.298 e. The van der Waals surface area contributed by atoms with E-state index in [0.29, 0.717) is 16.5 Å². The van der Waals surface area contributed by atoms with Gasteiger partial charge in [-0.2, -0.15) is 8.42 Å². The van der Waals surface area contributed by atoms with Crippen LogP contribution in [0.2, 0.25) is 0 Å². The van der Waals surface area contributed by atoms with Crippen molar-refractivity contribution in [2.45, 2.75) is 4.90 Å². The Labute approximate surface area is 147 Å². The zero-order valence-electron chi connectivity index (χ0n) is 11.7. The number of hydrogen-bond acceptors (Lipinski definition) is 4. The molecule has 23 heavy (non-hydrogen) atoms. The first kappa shape index (κ1) is 17.5. The smallest absolute Gasteiger partial charge is 0.298 e. The van der Waals surface area contributed by atoms with Gasteiger partial charge in [0.15, 0.2) is 0 Å². The van der Waals surface area contributed by atoms with Crippen LogP contribution in [0.25, 0.3) is 10.8 Å². The molecule has 7 heteroatoms. The molecule has 0 aliphatic carbocycles. The van der Waals surface area contributed by atoms with Gasteiger partial charge in [-0.25, -0.2) is 0 Å². The summed E-state index contributed by atoms with van der Waals surface area (Å²) in [5.41, 5.74) is 0. The van der Waals surface area contributed by atoms with Crippen LogP contribution in [0, 0.1) is 3.57 Å². The number of phenolic OH excluding ortho intramolecular Hbond substituents is 2. The fourth-order valence-corrected chi connectivity index (χ4v) is 2.88. The van der Waals surface area contributed by atoms with Crippen LogP contribution in [-0.4, -0.2) is 23.2 Å². The van der Waals surface area contributed by atoms with Crippen molar-refractivity contribution in [1.82, 2.24) is 0 Å². The van der Waals surface area contributed by atoms with Gasteiger partial charge in [0, 0.05) is 5.39 Å². The maximum absolute atomic E-state index is 10.9. The summed E-state index contributed by atoms with van der Waals surface area (Å²) in [5.74, 6) is -0.0660. The van der Waals surface area contributed by atoms with E-state index in [2.05, 4.69) is 22.6 Å². The van der Waals surface area contributed by atoms with Gasteiger partial charge in [0.25, 0.3) is 10.1 Å². The molecule has 5 nitrogen and oxygen atoms in total. The fourth-order valence-electron chi connectivity index (χ4n) is 1.90. The molecule has 0 atom stereocenters. The summed E-state index contributed by atoms with van der Waals surface area (Å²) < 4.78 is 31.5. The second-order valence-electron chi connectivity index (χ2n) is 4.56. The van der Waals surface area contributed by atoms with Crippen molar-refractivity contribution in [1.29, 1.82) is 0 Å². The van der Waals surface area contributed by atoms with Gasteiger partial charge >= 0.3 is 0 Å². The quantitative estimate of drug-likeness (QED) is 0.392. The van der Waals surface area contributed by atoms with E-state index in [1.54, 1.807) is 36.4 Å². The number of hydrogen-bond donors (Lipinski definition) is 3. The average molecular weight is 444 g/mol. The second-order valence-corrected chi connectivity index (χ2v) is 7.11. The van der Waals surface area contributed by atoms with Crippen LogP contribution >= 0.6 is 22.6 Å². The van der Waals surface area contributed by atoms with Gasteiger partial charge in [0.05, 0.1) is 3.57 Å². The van der Waals surface area contributed by atoms with Crippen LogP contribution in [0.15, 0.2) is 65.6 Å². The molecule has 0 saturated heterocycles. The highest BCUT2D eigenvalue weighted by molar-refractivity contribution is 14.1. The third-order valence-corrected chi connectivity index (χ3v) is 4.79. The van der Waals surface area contributed by atoms with E-state index in [1.165, 1.54) is 12.1 Å². The van der Waals surface area contributed by atoms with Gasteiger partial charge in [-0.15, -0.1) is 0 Å². The lowest BCUT2D eigenvalue weighted by Crippen LogP contribution is -1.98. The molecule has 3 aromatic rings. The SMILES string of the molecule is O=S(=O)(O)c1ccc2ccccc2c1O.Oc1ccccc1I. The molecule has 0 heterocycles. The molecular formula is C16H13IO5S. The van der Waals surface area contributed by atoms with Crippen molar-refractivity contribution in [2.75, 3.05) is 0 Å². The van der Waals surface area contributed by atoms with Crippen molar-refractivity contribution < 1.29 is 23.2 Å². The summed E-state index contributed by atoms with van der Waals surface area (Å²) in [7, 11) is -4.37. The molecule has 0 spiro atoms. The molecule has 0 bridgehead atoms. The second kappa shape index (κ2) is 7.16. The minimum atomic E-state index is -4.37. The summed E-state index contributed by atoms with van der Waals surface area (Å²) in [6, 6.07) is 16.7. The van der Waals surface area contributed by atoms with Crippen LogP contribution < -0.4 is 0 Å². The topological polar surface area (TPSA) is 94.8 Å². The highest BCUT2D eigenvalue weighted by Gasteiger charge is 2.16. The minimum Gasteiger partial charge on any atom is -0.507 e. The first-order chi connectivity index (χ1) is 10.8. The van der Waals surface area contributed by atoms with Gasteiger partial charge in [0.1, 0.15) is 16.4 Å². The minimum absolute atomic E-state index is 0.355. The molecule has 0 amide bonds. The Bertz CT molecular complexity index is 917. The number of halogens is 1. The molecule has 120 valence electrons. The Hall–Kier alpha value is -1.84. The molecule has 0 saturated carbocycles. The highest BCUT2D eigenvalue weighted by atomic mass is 127. The van der Waals surface area contributed by atoms with E-state index in [-0.39, 0.29) is 0 Å². The number of fused-ring (bicyclic) bond motifs is 1. The van der Waals surface area contributed by atoms with Crippen molar-refractivity contribution in [3.8, 4) is 11.5 Å². The largest absolute Gasteiger partial charge is 0.507 e. The van der Waals surface area contributed by atoms with Crippen molar-refractivity contribution in [3.63, 3.8) is 0 Å². The molecule has 3 rings (SSSR count). The molecular weight excluding hydrogens is 431 g/mol. The number of phenols is 2. The zero-order valence-corrected chi connectivity index (χ0v) is 14.7. The summed E-state index contributed by atoms with van der Waals surface area (Å²) in [6.45, 7) is 0. The van der Waals surface area contributed by atoms with E-state index in [1.807, 2.05) is 12.1 Å². The Kier molecular flexibility index (Phi) is 5.45. The van der Waals surface area contributed by atoms with E-state index in [4.69, 9.17) is 9.66 Å². The molecule has 0 radical (unpaired) electrons. The van der Waals surface area contributed by atoms with Gasteiger partial charge in [0.2, 0.25) is 0 Å². The van der Waals surface area contributed by atoms with Crippen LogP contribution in [0.5, 0.6) is 11.5 Å². The van der Waals surface area contributed by atoms with Crippen LogP contribution in [0.3, 0.4) is 0 Å². The Morgan fingerprint density at radius 3 is 2.00 bits per heavy atom. The Morgan fingerprint density at radius 2 is 1.43 bits per heavy atom. The number of rotatable bonds is 1. The predicted octanol–water partition coefficient (Wildman–Crippen LogP) is 3.79. The molecule has 0 fully saturated rings. The first-order valence-corrected chi connectivity index (χ1v) is 8.94. The maximum atomic E-state index is 10.9. The molecule has 3 aromatic carbocycles. The first-order valence-electron chi connectivity index (χ1n) is 6.42. The van der Waals surface area contributed by atoms with Crippen LogP contribution in [-0.2, 0) is 10.1 Å². The van der Waals surface area contributed by atoms with Gasteiger partial charge in [-0.1, -0.05) is 42.5 Å². The van der Waals surface area contributed by atoms with E-state index in [9.17, 15) is 13.5 Å². The van der Waals surface area contributed by atoms with Crippen LogP contribution in [0.4, 0.5) is 0 Å². The average Bonchev–Trinajstić information content (AvgIpc) is 2.50. The molecule has 3 N–H and O–H groups in total. The van der Waals surface area contributed by atoms with Crippen molar-refractivity contribution in [2.24, 2.45) is 0 Å². The van der Waals surface area contributed by atoms with E-state index < -0.39 is 20.8 Å². The van der Waals surface area contributed by atoms with Crippen molar-refractivity contribution in [3.05, 3.63) is 64.2 Å². The number of benzene rings is 3. The lowest BCUT2D eigenvalue weighted by Gasteiger charge is -2.04.